The second-order valence-corrected chi connectivity index (χ2v) is 5.08. The van der Waals surface area contributed by atoms with E-state index in [0.29, 0.717) is 11.1 Å². The molecule has 3 nitrogen and oxygen atoms in total. The number of carbonyl (C=O) groups is 2. The first kappa shape index (κ1) is 14.0. The number of carbonyl (C=O) groups excluding carboxylic acids is 2. The van der Waals surface area contributed by atoms with E-state index in [0.717, 1.165) is 22.6 Å². The maximum Gasteiger partial charge on any atom is 0.343 e. The molecular formula is C19H14O3. The minimum absolute atomic E-state index is 0.278. The van der Waals surface area contributed by atoms with Gasteiger partial charge in [0.1, 0.15) is 5.75 Å². The Bertz CT molecular complexity index is 865. The number of fused-ring (bicyclic) bond motifs is 1. The maximum atomic E-state index is 12.2. The zero-order chi connectivity index (χ0) is 15.5. The first-order chi connectivity index (χ1) is 10.7. The number of rotatable bonds is 3. The molecule has 0 aliphatic rings. The lowest BCUT2D eigenvalue weighted by molar-refractivity contribution is 0.0734. The van der Waals surface area contributed by atoms with E-state index in [1.807, 2.05) is 43.3 Å². The molecule has 22 heavy (non-hydrogen) atoms. The van der Waals surface area contributed by atoms with Crippen molar-refractivity contribution in [2.45, 2.75) is 6.92 Å². The van der Waals surface area contributed by atoms with Gasteiger partial charge in [-0.1, -0.05) is 48.0 Å². The van der Waals surface area contributed by atoms with Crippen molar-refractivity contribution in [2.24, 2.45) is 0 Å². The third kappa shape index (κ3) is 2.61. The van der Waals surface area contributed by atoms with Crippen LogP contribution >= 0.6 is 0 Å². The topological polar surface area (TPSA) is 43.4 Å². The number of esters is 1. The minimum atomic E-state index is -0.470. The van der Waals surface area contributed by atoms with Crippen LogP contribution in [0.5, 0.6) is 5.75 Å². The number of aldehydes is 1. The molecule has 0 heterocycles. The summed E-state index contributed by atoms with van der Waals surface area (Å²) in [6, 6.07) is 18.1. The zero-order valence-electron chi connectivity index (χ0n) is 12.1. The van der Waals surface area contributed by atoms with Gasteiger partial charge in [0.05, 0.1) is 11.1 Å². The SMILES string of the molecule is Cc1cccc(C(=O)Oc2ccc3ccccc3c2C=O)c1. The normalized spacial score (nSPS) is 10.4. The van der Waals surface area contributed by atoms with Gasteiger partial charge in [-0.3, -0.25) is 4.79 Å². The van der Waals surface area contributed by atoms with Gasteiger partial charge in [-0.15, -0.1) is 0 Å². The van der Waals surface area contributed by atoms with Gasteiger partial charge in [0.25, 0.3) is 0 Å². The summed E-state index contributed by atoms with van der Waals surface area (Å²) in [7, 11) is 0. The Morgan fingerprint density at radius 3 is 2.59 bits per heavy atom. The van der Waals surface area contributed by atoms with Gasteiger partial charge in [-0.25, -0.2) is 4.79 Å². The molecule has 0 radical (unpaired) electrons. The standard InChI is InChI=1S/C19H14O3/c1-13-5-4-7-15(11-13)19(21)22-18-10-9-14-6-2-3-8-16(14)17(18)12-20/h2-12H,1H3. The molecule has 0 saturated heterocycles. The second-order valence-electron chi connectivity index (χ2n) is 5.08. The zero-order valence-corrected chi connectivity index (χ0v) is 12.1. The first-order valence-corrected chi connectivity index (χ1v) is 6.95. The fourth-order valence-electron chi connectivity index (χ4n) is 2.42. The van der Waals surface area contributed by atoms with Crippen LogP contribution < -0.4 is 4.74 Å². The molecule has 0 aliphatic heterocycles. The molecular weight excluding hydrogens is 276 g/mol. The third-order valence-electron chi connectivity index (χ3n) is 3.50. The van der Waals surface area contributed by atoms with Gasteiger partial charge in [-0.05, 0) is 35.9 Å². The largest absolute Gasteiger partial charge is 0.422 e. The van der Waals surface area contributed by atoms with Crippen molar-refractivity contribution in [3.63, 3.8) is 0 Å². The number of ether oxygens (including phenoxy) is 1. The molecule has 108 valence electrons. The maximum absolute atomic E-state index is 12.2. The van der Waals surface area contributed by atoms with Crippen molar-refractivity contribution in [1.82, 2.24) is 0 Å². The Hall–Kier alpha value is -2.94. The molecule has 0 spiro atoms. The van der Waals surface area contributed by atoms with Crippen molar-refractivity contribution in [2.75, 3.05) is 0 Å². The molecule has 0 aromatic heterocycles. The first-order valence-electron chi connectivity index (χ1n) is 6.95. The molecule has 0 atom stereocenters. The summed E-state index contributed by atoms with van der Waals surface area (Å²) in [4.78, 5) is 23.7. The summed E-state index contributed by atoms with van der Waals surface area (Å²) in [5.41, 5.74) is 1.83. The molecule has 3 aromatic carbocycles. The van der Waals surface area contributed by atoms with Crippen molar-refractivity contribution in [1.29, 1.82) is 0 Å². The molecule has 0 N–H and O–H groups in total. The smallest absolute Gasteiger partial charge is 0.343 e. The Morgan fingerprint density at radius 1 is 1.00 bits per heavy atom. The highest BCUT2D eigenvalue weighted by Gasteiger charge is 2.13. The van der Waals surface area contributed by atoms with Gasteiger partial charge < -0.3 is 4.74 Å². The molecule has 0 unspecified atom stereocenters. The van der Waals surface area contributed by atoms with Crippen LogP contribution in [0.2, 0.25) is 0 Å². The number of hydrogen-bond acceptors (Lipinski definition) is 3. The summed E-state index contributed by atoms with van der Waals surface area (Å²) in [6.45, 7) is 1.91. The molecule has 0 saturated carbocycles. The highest BCUT2D eigenvalue weighted by Crippen LogP contribution is 2.27. The number of aryl methyl sites for hydroxylation is 1. The summed E-state index contributed by atoms with van der Waals surface area (Å²) < 4.78 is 5.42. The predicted octanol–water partition coefficient (Wildman–Crippen LogP) is 4.18. The lowest BCUT2D eigenvalue weighted by Gasteiger charge is -2.09. The lowest BCUT2D eigenvalue weighted by atomic mass is 10.0. The summed E-state index contributed by atoms with van der Waals surface area (Å²) in [5, 5.41) is 1.70. The van der Waals surface area contributed by atoms with E-state index in [2.05, 4.69) is 0 Å². The van der Waals surface area contributed by atoms with Crippen LogP contribution in [0.25, 0.3) is 10.8 Å². The van der Waals surface area contributed by atoms with E-state index < -0.39 is 5.97 Å². The quantitative estimate of drug-likeness (QED) is 0.413. The van der Waals surface area contributed by atoms with E-state index in [1.54, 1.807) is 24.3 Å². The molecule has 0 amide bonds. The molecule has 3 heteroatoms. The predicted molar refractivity (Wildman–Crippen MR) is 85.5 cm³/mol. The molecule has 3 rings (SSSR count). The Morgan fingerprint density at radius 2 is 1.82 bits per heavy atom. The summed E-state index contributed by atoms with van der Waals surface area (Å²) in [6.07, 6.45) is 0.723. The van der Waals surface area contributed by atoms with Crippen LogP contribution in [0.15, 0.2) is 60.7 Å². The van der Waals surface area contributed by atoms with Crippen LogP contribution in [-0.4, -0.2) is 12.3 Å². The minimum Gasteiger partial charge on any atom is -0.422 e. The Kier molecular flexibility index (Phi) is 3.71. The van der Waals surface area contributed by atoms with E-state index in [4.69, 9.17) is 4.74 Å². The number of benzene rings is 3. The van der Waals surface area contributed by atoms with E-state index >= 15 is 0 Å². The number of hydrogen-bond donors (Lipinski definition) is 0. The summed E-state index contributed by atoms with van der Waals surface area (Å²) >= 11 is 0. The van der Waals surface area contributed by atoms with Gasteiger partial charge in [0, 0.05) is 0 Å². The highest BCUT2D eigenvalue weighted by atomic mass is 16.5. The fraction of sp³-hybridized carbons (Fsp3) is 0.0526. The van der Waals surface area contributed by atoms with Crippen LogP contribution in [0.3, 0.4) is 0 Å². The fourth-order valence-corrected chi connectivity index (χ4v) is 2.42. The van der Waals surface area contributed by atoms with Gasteiger partial charge in [0.2, 0.25) is 0 Å². The van der Waals surface area contributed by atoms with E-state index in [-0.39, 0.29) is 5.75 Å². The molecule has 0 fully saturated rings. The van der Waals surface area contributed by atoms with Crippen molar-refractivity contribution in [3.8, 4) is 5.75 Å². The van der Waals surface area contributed by atoms with Gasteiger partial charge in [0.15, 0.2) is 6.29 Å². The van der Waals surface area contributed by atoms with Crippen LogP contribution in [0.1, 0.15) is 26.3 Å². The van der Waals surface area contributed by atoms with Crippen molar-refractivity contribution in [3.05, 3.63) is 77.4 Å². The lowest BCUT2D eigenvalue weighted by Crippen LogP contribution is -2.10. The van der Waals surface area contributed by atoms with Crippen LogP contribution in [-0.2, 0) is 0 Å². The molecule has 0 bridgehead atoms. The van der Waals surface area contributed by atoms with Crippen LogP contribution in [0.4, 0.5) is 0 Å². The van der Waals surface area contributed by atoms with E-state index in [1.165, 1.54) is 0 Å². The van der Waals surface area contributed by atoms with E-state index in [9.17, 15) is 9.59 Å². The van der Waals surface area contributed by atoms with Crippen LogP contribution in [0, 0.1) is 6.92 Å². The average Bonchev–Trinajstić information content (AvgIpc) is 2.54. The third-order valence-corrected chi connectivity index (χ3v) is 3.50. The van der Waals surface area contributed by atoms with Crippen molar-refractivity contribution >= 4 is 23.0 Å². The molecule has 0 aliphatic carbocycles. The second kappa shape index (κ2) is 5.82. The highest BCUT2D eigenvalue weighted by molar-refractivity contribution is 6.02. The Labute approximate surface area is 128 Å². The average molecular weight is 290 g/mol. The van der Waals surface area contributed by atoms with Gasteiger partial charge in [-0.2, -0.15) is 0 Å². The van der Waals surface area contributed by atoms with Crippen molar-refractivity contribution < 1.29 is 14.3 Å². The van der Waals surface area contributed by atoms with Gasteiger partial charge >= 0.3 is 5.97 Å². The Balaban J connectivity index is 2.00. The monoisotopic (exact) mass is 290 g/mol. The molecule has 3 aromatic rings. The summed E-state index contributed by atoms with van der Waals surface area (Å²) in [5.74, 6) is -0.192.